The zero-order valence-electron chi connectivity index (χ0n) is 15.6. The minimum absolute atomic E-state index is 0.0462. The average molecular weight is 446 g/mol. The largest absolute Gasteiger partial charge is 0.295 e. The molecule has 2 aromatic carbocycles. The summed E-state index contributed by atoms with van der Waals surface area (Å²) in [5.41, 5.74) is 3.75. The number of halogens is 1. The summed E-state index contributed by atoms with van der Waals surface area (Å²) in [7, 11) is -4.06. The zero-order valence-corrected chi connectivity index (χ0v) is 17.2. The molecule has 0 aliphatic rings. The van der Waals surface area contributed by atoms with Crippen LogP contribution in [0.25, 0.3) is 0 Å². The molecule has 1 aromatic heterocycles. The van der Waals surface area contributed by atoms with Crippen LogP contribution in [0.4, 0.5) is 17.1 Å². The Hall–Kier alpha value is -3.50. The van der Waals surface area contributed by atoms with Gasteiger partial charge in [0.25, 0.3) is 15.7 Å². The number of hydrazone groups is 1. The molecule has 0 amide bonds. The van der Waals surface area contributed by atoms with Crippen LogP contribution in [0, 0.1) is 10.1 Å². The van der Waals surface area contributed by atoms with Crippen molar-refractivity contribution in [2.24, 2.45) is 5.10 Å². The van der Waals surface area contributed by atoms with Gasteiger partial charge in [0.2, 0.25) is 0 Å². The van der Waals surface area contributed by atoms with Crippen LogP contribution in [0.2, 0.25) is 5.02 Å². The second-order valence-electron chi connectivity index (χ2n) is 6.10. The lowest BCUT2D eigenvalue weighted by Crippen LogP contribution is -2.13. The predicted octanol–water partition coefficient (Wildman–Crippen LogP) is 4.28. The van der Waals surface area contributed by atoms with Gasteiger partial charge in [-0.3, -0.25) is 25.2 Å². The zero-order chi connectivity index (χ0) is 21.7. The van der Waals surface area contributed by atoms with E-state index in [2.05, 4.69) is 20.2 Å². The van der Waals surface area contributed by atoms with Gasteiger partial charge in [0.15, 0.2) is 0 Å². The summed E-state index contributed by atoms with van der Waals surface area (Å²) in [5, 5.41) is 16.0. The van der Waals surface area contributed by atoms with E-state index >= 15 is 0 Å². The van der Waals surface area contributed by atoms with Crippen LogP contribution in [0.5, 0.6) is 0 Å². The molecule has 0 saturated heterocycles. The summed E-state index contributed by atoms with van der Waals surface area (Å²) in [6.45, 7) is 1.71. The van der Waals surface area contributed by atoms with Crippen LogP contribution < -0.4 is 10.1 Å². The first-order valence-electron chi connectivity index (χ1n) is 8.54. The highest BCUT2D eigenvalue weighted by Crippen LogP contribution is 2.29. The Bertz CT molecular complexity index is 1220. The summed E-state index contributed by atoms with van der Waals surface area (Å²) in [6.07, 6.45) is 3.22. The van der Waals surface area contributed by atoms with E-state index in [1.807, 2.05) is 0 Å². The lowest BCUT2D eigenvalue weighted by molar-refractivity contribution is -0.384. The Kier molecular flexibility index (Phi) is 6.28. The SMILES string of the molecule is CC(=NNc1ccc(S(=O)(=O)Nc2cccc(Cl)c2)cc1[N+](=O)[O-])c1cccnc1. The molecule has 3 aromatic rings. The lowest BCUT2D eigenvalue weighted by Gasteiger charge is -2.10. The molecule has 0 atom stereocenters. The highest BCUT2D eigenvalue weighted by molar-refractivity contribution is 7.92. The van der Waals surface area contributed by atoms with Crippen molar-refractivity contribution >= 4 is 44.4 Å². The summed E-state index contributed by atoms with van der Waals surface area (Å²) in [5.74, 6) is 0. The van der Waals surface area contributed by atoms with Crippen molar-refractivity contribution in [3.05, 3.63) is 87.7 Å². The smallest absolute Gasteiger partial charge is 0.280 e. The third-order valence-corrected chi connectivity index (χ3v) is 5.59. The predicted molar refractivity (Wildman–Crippen MR) is 115 cm³/mol. The standard InChI is InChI=1S/C19H16ClN5O4S/c1-13(14-4-3-9-21-12-14)22-23-18-8-7-17(11-19(18)25(26)27)30(28,29)24-16-6-2-5-15(20)10-16/h2-12,23-24H,1H3. The highest BCUT2D eigenvalue weighted by atomic mass is 35.5. The number of nitro benzene ring substituents is 1. The summed E-state index contributed by atoms with van der Waals surface area (Å²) < 4.78 is 27.6. The highest BCUT2D eigenvalue weighted by Gasteiger charge is 2.21. The van der Waals surface area contributed by atoms with Gasteiger partial charge in [-0.25, -0.2) is 8.42 Å². The molecule has 0 aliphatic carbocycles. The molecule has 1 heterocycles. The van der Waals surface area contributed by atoms with Crippen molar-refractivity contribution in [3.63, 3.8) is 0 Å². The minimum atomic E-state index is -4.06. The van der Waals surface area contributed by atoms with Crippen LogP contribution in [-0.4, -0.2) is 24.0 Å². The number of sulfonamides is 1. The fourth-order valence-electron chi connectivity index (χ4n) is 2.48. The average Bonchev–Trinajstić information content (AvgIpc) is 2.72. The number of pyridine rings is 1. The first-order chi connectivity index (χ1) is 14.3. The number of anilines is 2. The van der Waals surface area contributed by atoms with Crippen molar-refractivity contribution in [2.75, 3.05) is 10.1 Å². The third kappa shape index (κ3) is 5.10. The maximum atomic E-state index is 12.6. The molecule has 0 aliphatic heterocycles. The molecular formula is C19H16ClN5O4S. The molecule has 0 unspecified atom stereocenters. The second-order valence-corrected chi connectivity index (χ2v) is 8.22. The van der Waals surface area contributed by atoms with E-state index in [1.54, 1.807) is 43.6 Å². The maximum absolute atomic E-state index is 12.6. The Labute approximate surface area is 177 Å². The van der Waals surface area contributed by atoms with Crippen molar-refractivity contribution in [1.82, 2.24) is 4.98 Å². The molecule has 154 valence electrons. The molecule has 0 fully saturated rings. The van der Waals surface area contributed by atoms with Crippen molar-refractivity contribution in [1.29, 1.82) is 0 Å². The van der Waals surface area contributed by atoms with E-state index in [4.69, 9.17) is 11.6 Å². The minimum Gasteiger partial charge on any atom is -0.280 e. The first kappa shape index (κ1) is 21.2. The van der Waals surface area contributed by atoms with Gasteiger partial charge in [-0.1, -0.05) is 23.7 Å². The first-order valence-corrected chi connectivity index (χ1v) is 10.4. The van der Waals surface area contributed by atoms with Crippen LogP contribution >= 0.6 is 11.6 Å². The molecule has 2 N–H and O–H groups in total. The maximum Gasteiger partial charge on any atom is 0.295 e. The van der Waals surface area contributed by atoms with Gasteiger partial charge in [0, 0.05) is 29.0 Å². The van der Waals surface area contributed by atoms with E-state index in [0.717, 1.165) is 11.6 Å². The molecular weight excluding hydrogens is 430 g/mol. The van der Waals surface area contributed by atoms with E-state index < -0.39 is 20.6 Å². The van der Waals surface area contributed by atoms with Crippen molar-refractivity contribution in [3.8, 4) is 0 Å². The number of aromatic nitrogens is 1. The Balaban J connectivity index is 1.89. The Morgan fingerprint density at radius 2 is 1.97 bits per heavy atom. The molecule has 11 heteroatoms. The molecule has 0 spiro atoms. The van der Waals surface area contributed by atoms with Crippen LogP contribution in [0.3, 0.4) is 0 Å². The number of nitrogens with one attached hydrogen (secondary N) is 2. The van der Waals surface area contributed by atoms with Crippen molar-refractivity contribution in [2.45, 2.75) is 11.8 Å². The van der Waals surface area contributed by atoms with Gasteiger partial charge in [-0.05, 0) is 43.3 Å². The molecule has 0 saturated carbocycles. The number of hydrogen-bond donors (Lipinski definition) is 2. The fourth-order valence-corrected chi connectivity index (χ4v) is 3.74. The van der Waals surface area contributed by atoms with Crippen LogP contribution in [-0.2, 0) is 10.0 Å². The Morgan fingerprint density at radius 3 is 2.63 bits per heavy atom. The molecule has 30 heavy (non-hydrogen) atoms. The fraction of sp³-hybridized carbons (Fsp3) is 0.0526. The van der Waals surface area contributed by atoms with Gasteiger partial charge in [-0.2, -0.15) is 5.10 Å². The van der Waals surface area contributed by atoms with Gasteiger partial charge in [-0.15, -0.1) is 0 Å². The summed E-state index contributed by atoms with van der Waals surface area (Å²) >= 11 is 5.86. The van der Waals surface area contributed by atoms with E-state index in [0.29, 0.717) is 10.7 Å². The number of benzene rings is 2. The van der Waals surface area contributed by atoms with E-state index in [1.165, 1.54) is 24.3 Å². The summed E-state index contributed by atoms with van der Waals surface area (Å²) in [6, 6.07) is 13.1. The monoisotopic (exact) mass is 445 g/mol. The van der Waals surface area contributed by atoms with Gasteiger partial charge >= 0.3 is 0 Å². The number of nitrogens with zero attached hydrogens (tertiary/aromatic N) is 3. The van der Waals surface area contributed by atoms with Gasteiger partial charge < -0.3 is 0 Å². The molecule has 3 rings (SSSR count). The quantitative estimate of drug-likeness (QED) is 0.317. The number of hydrogen-bond acceptors (Lipinski definition) is 7. The second kappa shape index (κ2) is 8.89. The van der Waals surface area contributed by atoms with E-state index in [9.17, 15) is 18.5 Å². The molecule has 0 bridgehead atoms. The van der Waals surface area contributed by atoms with Crippen LogP contribution in [0.1, 0.15) is 12.5 Å². The number of rotatable bonds is 7. The van der Waals surface area contributed by atoms with Crippen LogP contribution in [0.15, 0.2) is 77.0 Å². The van der Waals surface area contributed by atoms with Gasteiger partial charge in [0.05, 0.1) is 21.2 Å². The van der Waals surface area contributed by atoms with Crippen molar-refractivity contribution < 1.29 is 13.3 Å². The van der Waals surface area contributed by atoms with E-state index in [-0.39, 0.29) is 16.3 Å². The molecule has 0 radical (unpaired) electrons. The number of nitro groups is 1. The van der Waals surface area contributed by atoms with Gasteiger partial charge in [0.1, 0.15) is 5.69 Å². The lowest BCUT2D eigenvalue weighted by atomic mass is 10.2. The summed E-state index contributed by atoms with van der Waals surface area (Å²) in [4.78, 5) is 14.5. The third-order valence-electron chi connectivity index (χ3n) is 3.98. The normalized spacial score (nSPS) is 11.7. The topological polar surface area (TPSA) is 127 Å². The molecule has 9 nitrogen and oxygen atoms in total. The Morgan fingerprint density at radius 1 is 1.17 bits per heavy atom.